The van der Waals surface area contributed by atoms with Crippen molar-refractivity contribution in [2.24, 2.45) is 0 Å². The highest BCUT2D eigenvalue weighted by Gasteiger charge is 2.13. The molecular weight excluding hydrogens is 370 g/mol. The highest BCUT2D eigenvalue weighted by molar-refractivity contribution is 5.83. The van der Waals surface area contributed by atoms with Crippen molar-refractivity contribution in [2.75, 3.05) is 13.7 Å². The zero-order valence-corrected chi connectivity index (χ0v) is 17.7. The summed E-state index contributed by atoms with van der Waals surface area (Å²) in [6, 6.07) is 4.97. The van der Waals surface area contributed by atoms with Crippen molar-refractivity contribution in [3.63, 3.8) is 0 Å². The van der Waals surface area contributed by atoms with E-state index in [0.717, 1.165) is 55.6 Å². The number of methoxy groups -OCH3 is 1. The van der Waals surface area contributed by atoms with Crippen molar-refractivity contribution >= 4 is 18.0 Å². The van der Waals surface area contributed by atoms with E-state index < -0.39 is 12.0 Å². The Labute approximate surface area is 174 Å². The third-order valence-electron chi connectivity index (χ3n) is 4.73. The fourth-order valence-electron chi connectivity index (χ4n) is 2.94. The van der Waals surface area contributed by atoms with E-state index in [9.17, 15) is 9.59 Å². The van der Waals surface area contributed by atoms with Crippen LogP contribution in [0.1, 0.15) is 70.3 Å². The molecule has 1 rings (SSSR count). The van der Waals surface area contributed by atoms with Crippen LogP contribution in [0.2, 0.25) is 0 Å². The third-order valence-corrected chi connectivity index (χ3v) is 4.73. The van der Waals surface area contributed by atoms with Crippen molar-refractivity contribution < 1.29 is 24.2 Å². The number of nitrogens with one attached hydrogen (secondary N) is 1. The fraction of sp³-hybridized carbons (Fsp3) is 0.565. The number of amides is 1. The maximum atomic E-state index is 11.6. The number of ether oxygens (including phenoxy) is 2. The van der Waals surface area contributed by atoms with E-state index in [2.05, 4.69) is 11.9 Å². The molecule has 162 valence electrons. The first-order valence-corrected chi connectivity index (χ1v) is 10.4. The Morgan fingerprint density at radius 2 is 1.69 bits per heavy atom. The van der Waals surface area contributed by atoms with E-state index in [-0.39, 0.29) is 5.91 Å². The predicted octanol–water partition coefficient (Wildman–Crippen LogP) is 4.82. The summed E-state index contributed by atoms with van der Waals surface area (Å²) in [6.45, 7) is 5.90. The molecule has 1 aromatic rings. The molecule has 0 aliphatic carbocycles. The number of carbonyl (C=O) groups is 2. The van der Waals surface area contributed by atoms with E-state index in [1.807, 2.05) is 18.2 Å². The molecular formula is C23H35NO5. The Balaban J connectivity index is 1.99. The molecule has 0 spiro atoms. The first kappa shape index (κ1) is 24.5. The quantitative estimate of drug-likeness (QED) is 0.385. The van der Waals surface area contributed by atoms with Crippen LogP contribution in [-0.2, 0) is 9.59 Å². The molecule has 1 aromatic carbocycles. The van der Waals surface area contributed by atoms with Crippen LogP contribution in [-0.4, -0.2) is 36.7 Å². The SMILES string of the molecule is C=Cc1ccc(OCCCCCCCCCCC(=O)NC(C)C(=O)O)c(OC)c1. The zero-order valence-electron chi connectivity index (χ0n) is 17.7. The van der Waals surface area contributed by atoms with Gasteiger partial charge in [0.2, 0.25) is 5.91 Å². The van der Waals surface area contributed by atoms with Crippen molar-refractivity contribution in [2.45, 2.75) is 70.8 Å². The first-order valence-electron chi connectivity index (χ1n) is 10.4. The topological polar surface area (TPSA) is 84.9 Å². The predicted molar refractivity (Wildman–Crippen MR) is 115 cm³/mol. The third kappa shape index (κ3) is 10.6. The summed E-state index contributed by atoms with van der Waals surface area (Å²) in [5.74, 6) is 0.303. The maximum absolute atomic E-state index is 11.6. The Kier molecular flexibility index (Phi) is 12.3. The lowest BCUT2D eigenvalue weighted by Crippen LogP contribution is -2.38. The second-order valence-electron chi connectivity index (χ2n) is 7.17. The van der Waals surface area contributed by atoms with Crippen molar-refractivity contribution in [3.05, 3.63) is 30.3 Å². The van der Waals surface area contributed by atoms with Crippen LogP contribution in [0.15, 0.2) is 24.8 Å². The molecule has 0 radical (unpaired) electrons. The minimum absolute atomic E-state index is 0.185. The van der Waals surface area contributed by atoms with Crippen molar-refractivity contribution in [1.29, 1.82) is 0 Å². The standard InChI is InChI=1S/C23H35NO5/c1-4-19-14-15-20(21(17-19)28-3)29-16-12-10-8-6-5-7-9-11-13-22(25)24-18(2)23(26)27/h4,14-15,17-18H,1,5-13,16H2,2-3H3,(H,24,25)(H,26,27). The number of unbranched alkanes of at least 4 members (excludes halogenated alkanes) is 7. The van der Waals surface area contributed by atoms with E-state index in [1.165, 1.54) is 19.8 Å². The zero-order chi connectivity index (χ0) is 21.5. The number of rotatable bonds is 16. The van der Waals surface area contributed by atoms with Crippen LogP contribution in [0.4, 0.5) is 0 Å². The summed E-state index contributed by atoms with van der Waals surface area (Å²) in [5, 5.41) is 11.2. The molecule has 1 amide bonds. The molecule has 0 heterocycles. The number of benzene rings is 1. The summed E-state index contributed by atoms with van der Waals surface area (Å²) in [6.07, 6.45) is 10.7. The molecule has 0 aliphatic heterocycles. The lowest BCUT2D eigenvalue weighted by molar-refractivity contribution is -0.141. The molecule has 2 N–H and O–H groups in total. The molecule has 0 saturated carbocycles. The lowest BCUT2D eigenvalue weighted by Gasteiger charge is -2.11. The number of hydrogen-bond acceptors (Lipinski definition) is 4. The molecule has 0 saturated heterocycles. The maximum Gasteiger partial charge on any atom is 0.325 e. The summed E-state index contributed by atoms with van der Waals surface area (Å²) in [5.41, 5.74) is 1.00. The average Bonchev–Trinajstić information content (AvgIpc) is 2.71. The van der Waals surface area contributed by atoms with Gasteiger partial charge in [-0.05, 0) is 37.5 Å². The van der Waals surface area contributed by atoms with E-state index in [0.29, 0.717) is 13.0 Å². The summed E-state index contributed by atoms with van der Waals surface area (Å²) >= 11 is 0. The lowest BCUT2D eigenvalue weighted by atomic mass is 10.1. The van der Waals surface area contributed by atoms with Crippen molar-refractivity contribution in [1.82, 2.24) is 5.32 Å². The van der Waals surface area contributed by atoms with E-state index in [4.69, 9.17) is 14.6 Å². The van der Waals surface area contributed by atoms with Gasteiger partial charge in [0.05, 0.1) is 13.7 Å². The van der Waals surface area contributed by atoms with E-state index in [1.54, 1.807) is 13.2 Å². The van der Waals surface area contributed by atoms with Gasteiger partial charge >= 0.3 is 5.97 Å². The van der Waals surface area contributed by atoms with Crippen LogP contribution in [0.3, 0.4) is 0 Å². The molecule has 0 fully saturated rings. The van der Waals surface area contributed by atoms with Gasteiger partial charge in [0.25, 0.3) is 0 Å². The minimum Gasteiger partial charge on any atom is -0.493 e. The summed E-state index contributed by atoms with van der Waals surface area (Å²) in [4.78, 5) is 22.2. The molecule has 0 bridgehead atoms. The summed E-state index contributed by atoms with van der Waals surface area (Å²) in [7, 11) is 1.64. The van der Waals surface area contributed by atoms with Gasteiger partial charge in [-0.25, -0.2) is 0 Å². The monoisotopic (exact) mass is 405 g/mol. The highest BCUT2D eigenvalue weighted by Crippen LogP contribution is 2.28. The van der Waals surface area contributed by atoms with Gasteiger partial charge in [-0.2, -0.15) is 0 Å². The van der Waals surface area contributed by atoms with Gasteiger partial charge in [-0.15, -0.1) is 0 Å². The Morgan fingerprint density at radius 1 is 1.07 bits per heavy atom. The second-order valence-corrected chi connectivity index (χ2v) is 7.17. The molecule has 0 aromatic heterocycles. The van der Waals surface area contributed by atoms with Gasteiger partial charge in [0.1, 0.15) is 6.04 Å². The van der Waals surface area contributed by atoms with Crippen LogP contribution in [0.5, 0.6) is 11.5 Å². The largest absolute Gasteiger partial charge is 0.493 e. The molecule has 6 nitrogen and oxygen atoms in total. The van der Waals surface area contributed by atoms with Crippen LogP contribution < -0.4 is 14.8 Å². The van der Waals surface area contributed by atoms with Crippen molar-refractivity contribution in [3.8, 4) is 11.5 Å². The normalized spacial score (nSPS) is 11.5. The number of carboxylic acids is 1. The molecule has 1 atom stereocenters. The smallest absolute Gasteiger partial charge is 0.325 e. The Bertz CT molecular complexity index is 644. The average molecular weight is 406 g/mol. The Hall–Kier alpha value is -2.50. The molecule has 1 unspecified atom stereocenters. The van der Waals surface area contributed by atoms with Gasteiger partial charge in [0.15, 0.2) is 11.5 Å². The highest BCUT2D eigenvalue weighted by atomic mass is 16.5. The second kappa shape index (κ2) is 14.5. The Morgan fingerprint density at radius 3 is 2.28 bits per heavy atom. The number of hydrogen-bond donors (Lipinski definition) is 2. The first-order chi connectivity index (χ1) is 14.0. The van der Waals surface area contributed by atoms with Crippen LogP contribution >= 0.6 is 0 Å². The van der Waals surface area contributed by atoms with Gasteiger partial charge in [0, 0.05) is 6.42 Å². The van der Waals surface area contributed by atoms with Gasteiger partial charge < -0.3 is 19.9 Å². The molecule has 29 heavy (non-hydrogen) atoms. The molecule has 6 heteroatoms. The number of aliphatic carboxylic acids is 1. The van der Waals surface area contributed by atoms with Gasteiger partial charge in [-0.3, -0.25) is 9.59 Å². The minimum atomic E-state index is -1.01. The van der Waals surface area contributed by atoms with Crippen LogP contribution in [0, 0.1) is 0 Å². The summed E-state index contributed by atoms with van der Waals surface area (Å²) < 4.78 is 11.2. The van der Waals surface area contributed by atoms with Crippen LogP contribution in [0.25, 0.3) is 6.08 Å². The fourth-order valence-corrected chi connectivity index (χ4v) is 2.94. The number of carboxylic acid groups (broad SMARTS) is 1. The van der Waals surface area contributed by atoms with E-state index >= 15 is 0 Å². The number of carbonyl (C=O) groups excluding carboxylic acids is 1. The molecule has 0 aliphatic rings. The van der Waals surface area contributed by atoms with Gasteiger partial charge in [-0.1, -0.05) is 57.2 Å².